The van der Waals surface area contributed by atoms with Crippen LogP contribution in [0.1, 0.15) is 24.8 Å². The molecule has 1 aromatic heterocycles. The van der Waals surface area contributed by atoms with Gasteiger partial charge in [0.05, 0.1) is 18.7 Å². The maximum Gasteiger partial charge on any atom is 0.313 e. The lowest BCUT2D eigenvalue weighted by Gasteiger charge is -2.38. The fourth-order valence-corrected chi connectivity index (χ4v) is 5.80. The maximum absolute atomic E-state index is 13.0. The molecule has 2 aromatic rings. The van der Waals surface area contributed by atoms with Crippen LogP contribution in [-0.4, -0.2) is 27.5 Å². The van der Waals surface area contributed by atoms with Crippen molar-refractivity contribution in [1.82, 2.24) is 0 Å². The molecule has 3 rings (SSSR count). The van der Waals surface area contributed by atoms with Crippen molar-refractivity contribution in [3.8, 4) is 0 Å². The van der Waals surface area contributed by atoms with E-state index in [1.165, 1.54) is 22.8 Å². The molecule has 1 aliphatic rings. The molecule has 2 unspecified atom stereocenters. The Bertz CT molecular complexity index is 814. The minimum atomic E-state index is -3.64. The quantitative estimate of drug-likeness (QED) is 0.798. The van der Waals surface area contributed by atoms with Crippen molar-refractivity contribution < 1.29 is 17.9 Å². The molecule has 7 heteroatoms. The number of hydrogen-bond donors (Lipinski definition) is 0. The summed E-state index contributed by atoms with van der Waals surface area (Å²) in [7, 11) is -2.29. The Hall–Kier alpha value is -1.86. The highest BCUT2D eigenvalue weighted by molar-refractivity contribution is 7.94. The number of ether oxygens (including phenoxy) is 1. The second-order valence-corrected chi connectivity index (χ2v) is 8.44. The average Bonchev–Trinajstić information content (AvgIpc) is 3.08. The fraction of sp³-hybridized carbons (Fsp3) is 0.312. The molecule has 1 aromatic carbocycles. The van der Waals surface area contributed by atoms with E-state index in [0.29, 0.717) is 21.9 Å². The van der Waals surface area contributed by atoms with Gasteiger partial charge in [0, 0.05) is 6.04 Å². The first-order valence-corrected chi connectivity index (χ1v) is 9.53. The Morgan fingerprint density at radius 3 is 2.65 bits per heavy atom. The molecular formula is C16H17NO4S2. The van der Waals surface area contributed by atoms with Gasteiger partial charge in [0.25, 0.3) is 10.0 Å². The van der Waals surface area contributed by atoms with Gasteiger partial charge < -0.3 is 4.74 Å². The monoisotopic (exact) mass is 351 g/mol. The van der Waals surface area contributed by atoms with Gasteiger partial charge in [-0.2, -0.15) is 0 Å². The van der Waals surface area contributed by atoms with E-state index in [4.69, 9.17) is 4.74 Å². The number of para-hydroxylation sites is 1. The molecule has 2 heterocycles. The summed E-state index contributed by atoms with van der Waals surface area (Å²) in [6.45, 7) is 1.82. The number of sulfonamides is 1. The summed E-state index contributed by atoms with van der Waals surface area (Å²) < 4.78 is 32.6. The van der Waals surface area contributed by atoms with Gasteiger partial charge in [-0.1, -0.05) is 24.3 Å². The van der Waals surface area contributed by atoms with Crippen LogP contribution in [0.4, 0.5) is 5.69 Å². The number of anilines is 1. The molecule has 0 aliphatic carbocycles. The predicted molar refractivity (Wildman–Crippen MR) is 89.3 cm³/mol. The van der Waals surface area contributed by atoms with Crippen molar-refractivity contribution in [3.05, 3.63) is 47.3 Å². The van der Waals surface area contributed by atoms with E-state index in [9.17, 15) is 13.2 Å². The zero-order valence-electron chi connectivity index (χ0n) is 12.8. The predicted octanol–water partition coefficient (Wildman–Crippen LogP) is 2.99. The third kappa shape index (κ3) is 2.64. The smallest absolute Gasteiger partial charge is 0.313 e. The summed E-state index contributed by atoms with van der Waals surface area (Å²) in [6.07, 6.45) is 0.397. The molecule has 0 saturated carbocycles. The molecule has 0 radical (unpaired) electrons. The molecule has 1 aliphatic heterocycles. The Kier molecular flexibility index (Phi) is 4.16. The van der Waals surface area contributed by atoms with E-state index in [1.807, 2.05) is 6.92 Å². The first kappa shape index (κ1) is 16.0. The fourth-order valence-electron chi connectivity index (χ4n) is 3.02. The van der Waals surface area contributed by atoms with Crippen molar-refractivity contribution in [2.45, 2.75) is 29.5 Å². The topological polar surface area (TPSA) is 63.7 Å². The third-order valence-corrected chi connectivity index (χ3v) is 7.32. The summed E-state index contributed by atoms with van der Waals surface area (Å²) >= 11 is 1.19. The van der Waals surface area contributed by atoms with Crippen LogP contribution in [0.15, 0.2) is 46.0 Å². The molecule has 2 atom stereocenters. The van der Waals surface area contributed by atoms with Crippen LogP contribution in [0.5, 0.6) is 0 Å². The highest BCUT2D eigenvalue weighted by atomic mass is 32.2. The molecule has 0 fully saturated rings. The molecular weight excluding hydrogens is 334 g/mol. The van der Waals surface area contributed by atoms with E-state index >= 15 is 0 Å². The second-order valence-electron chi connectivity index (χ2n) is 5.45. The number of fused-ring (bicyclic) bond motifs is 1. The van der Waals surface area contributed by atoms with Crippen LogP contribution in [0.25, 0.3) is 0 Å². The van der Waals surface area contributed by atoms with Crippen LogP contribution in [-0.2, 0) is 19.6 Å². The Labute approximate surface area is 139 Å². The summed E-state index contributed by atoms with van der Waals surface area (Å²) in [5.74, 6) is -0.779. The largest absolute Gasteiger partial charge is 0.469 e. The van der Waals surface area contributed by atoms with Gasteiger partial charge in [-0.05, 0) is 36.4 Å². The van der Waals surface area contributed by atoms with Gasteiger partial charge in [-0.3, -0.25) is 9.10 Å². The zero-order valence-corrected chi connectivity index (χ0v) is 14.4. The van der Waals surface area contributed by atoms with Crippen molar-refractivity contribution in [3.63, 3.8) is 0 Å². The number of carbonyl (C=O) groups excluding carboxylic acids is 1. The van der Waals surface area contributed by atoms with Crippen molar-refractivity contribution in [1.29, 1.82) is 0 Å². The minimum Gasteiger partial charge on any atom is -0.469 e. The number of hydrogen-bond acceptors (Lipinski definition) is 5. The van der Waals surface area contributed by atoms with Crippen LogP contribution in [0, 0.1) is 0 Å². The van der Waals surface area contributed by atoms with E-state index in [2.05, 4.69) is 0 Å². The minimum absolute atomic E-state index is 0.302. The normalized spacial score (nSPS) is 20.9. The third-order valence-electron chi connectivity index (χ3n) is 4.02. The second kappa shape index (κ2) is 5.98. The molecule has 0 amide bonds. The number of methoxy groups -OCH3 is 1. The molecule has 5 nitrogen and oxygen atoms in total. The number of benzene rings is 1. The SMILES string of the molecule is COC(=O)C1CC(C)N(S(=O)(=O)c2cccs2)c2ccccc21. The van der Waals surface area contributed by atoms with Crippen LogP contribution < -0.4 is 4.31 Å². The first-order valence-electron chi connectivity index (χ1n) is 7.21. The van der Waals surface area contributed by atoms with Crippen molar-refractivity contribution in [2.24, 2.45) is 0 Å². The van der Waals surface area contributed by atoms with Crippen LogP contribution in [0.2, 0.25) is 0 Å². The number of carbonyl (C=O) groups is 1. The Balaban J connectivity index is 2.14. The van der Waals surface area contributed by atoms with Gasteiger partial charge >= 0.3 is 5.97 Å². The highest BCUT2D eigenvalue weighted by Crippen LogP contribution is 2.42. The number of thiophene rings is 1. The standard InChI is InChI=1S/C16H17NO4S2/c1-11-10-13(16(18)21-2)12-6-3-4-7-14(12)17(11)23(19,20)15-8-5-9-22-15/h3-9,11,13H,10H2,1-2H3. The molecule has 122 valence electrons. The van der Waals surface area contributed by atoms with Gasteiger partial charge in [0.2, 0.25) is 0 Å². The van der Waals surface area contributed by atoms with E-state index in [1.54, 1.807) is 41.8 Å². The van der Waals surface area contributed by atoms with Gasteiger partial charge in [-0.15, -0.1) is 11.3 Å². The molecule has 0 saturated heterocycles. The highest BCUT2D eigenvalue weighted by Gasteiger charge is 2.40. The molecule has 23 heavy (non-hydrogen) atoms. The number of esters is 1. The lowest BCUT2D eigenvalue weighted by atomic mass is 9.87. The first-order chi connectivity index (χ1) is 11.0. The Morgan fingerprint density at radius 2 is 2.00 bits per heavy atom. The number of rotatable bonds is 3. The average molecular weight is 351 g/mol. The molecule has 0 bridgehead atoms. The van der Waals surface area contributed by atoms with Gasteiger partial charge in [-0.25, -0.2) is 8.42 Å². The van der Waals surface area contributed by atoms with Crippen LogP contribution >= 0.6 is 11.3 Å². The lowest BCUT2D eigenvalue weighted by molar-refractivity contribution is -0.142. The van der Waals surface area contributed by atoms with Crippen LogP contribution in [0.3, 0.4) is 0 Å². The maximum atomic E-state index is 13.0. The van der Waals surface area contributed by atoms with Gasteiger partial charge in [0.15, 0.2) is 0 Å². The summed E-state index contributed by atoms with van der Waals surface area (Å²) in [4.78, 5) is 12.1. The Morgan fingerprint density at radius 1 is 1.26 bits per heavy atom. The summed E-state index contributed by atoms with van der Waals surface area (Å²) in [5, 5.41) is 1.74. The number of nitrogens with zero attached hydrogens (tertiary/aromatic N) is 1. The van der Waals surface area contributed by atoms with Crippen molar-refractivity contribution >= 4 is 33.0 Å². The summed E-state index contributed by atoms with van der Waals surface area (Å²) in [6, 6.07) is 10.1. The van der Waals surface area contributed by atoms with Gasteiger partial charge in [0.1, 0.15) is 4.21 Å². The zero-order chi connectivity index (χ0) is 16.6. The summed E-state index contributed by atoms with van der Waals surface area (Å²) in [5.41, 5.74) is 1.24. The molecule has 0 spiro atoms. The molecule has 0 N–H and O–H groups in total. The van der Waals surface area contributed by atoms with E-state index < -0.39 is 15.9 Å². The van der Waals surface area contributed by atoms with E-state index in [-0.39, 0.29) is 12.0 Å². The van der Waals surface area contributed by atoms with E-state index in [0.717, 1.165) is 0 Å². The van der Waals surface area contributed by atoms with Crippen molar-refractivity contribution in [2.75, 3.05) is 11.4 Å². The lowest BCUT2D eigenvalue weighted by Crippen LogP contribution is -2.44.